The van der Waals surface area contributed by atoms with Crippen LogP contribution in [0.4, 0.5) is 0 Å². The summed E-state index contributed by atoms with van der Waals surface area (Å²) in [6.07, 6.45) is 0. The zero-order valence-electron chi connectivity index (χ0n) is 13.9. The van der Waals surface area contributed by atoms with E-state index in [4.69, 9.17) is 4.42 Å². The molecule has 122 valence electrons. The van der Waals surface area contributed by atoms with Crippen molar-refractivity contribution in [2.24, 2.45) is 0 Å². The van der Waals surface area contributed by atoms with Gasteiger partial charge in [-0.2, -0.15) is 0 Å². The molecule has 1 nitrogen and oxygen atoms in total. The van der Waals surface area contributed by atoms with E-state index in [9.17, 15) is 0 Å². The van der Waals surface area contributed by atoms with E-state index in [0.29, 0.717) is 0 Å². The standard InChI is InChI=1S/C24H14OS/c1-3-13-21-15(7-1)17-9-5-10-18(23(17)25-21)20-12-6-11-19-16-8-2-4-14-22(16)26-24(19)20/h1-14H. The summed E-state index contributed by atoms with van der Waals surface area (Å²) in [7, 11) is 0. The van der Waals surface area contributed by atoms with Gasteiger partial charge in [-0.25, -0.2) is 0 Å². The molecule has 0 radical (unpaired) electrons. The highest BCUT2D eigenvalue weighted by Crippen LogP contribution is 2.43. The average molecular weight is 350 g/mol. The molecule has 0 amide bonds. The molecule has 0 aliphatic rings. The Morgan fingerprint density at radius 3 is 2.15 bits per heavy atom. The first kappa shape index (κ1) is 14.1. The fourth-order valence-electron chi connectivity index (χ4n) is 3.92. The summed E-state index contributed by atoms with van der Waals surface area (Å²) in [6, 6.07) is 29.9. The molecular weight excluding hydrogens is 336 g/mol. The number of thiophene rings is 1. The van der Waals surface area contributed by atoms with Crippen LogP contribution in [0.3, 0.4) is 0 Å². The van der Waals surface area contributed by atoms with E-state index < -0.39 is 0 Å². The number of benzene rings is 4. The number of hydrogen-bond acceptors (Lipinski definition) is 2. The molecule has 0 saturated carbocycles. The molecular formula is C24H14OS. The lowest BCUT2D eigenvalue weighted by Gasteiger charge is -2.04. The number of fused-ring (bicyclic) bond motifs is 6. The van der Waals surface area contributed by atoms with Crippen LogP contribution in [0, 0.1) is 0 Å². The van der Waals surface area contributed by atoms with Crippen molar-refractivity contribution >= 4 is 53.4 Å². The Morgan fingerprint density at radius 1 is 0.538 bits per heavy atom. The molecule has 0 spiro atoms. The summed E-state index contributed by atoms with van der Waals surface area (Å²) in [5, 5.41) is 4.99. The first-order chi connectivity index (χ1) is 12.9. The Morgan fingerprint density at radius 2 is 1.23 bits per heavy atom. The van der Waals surface area contributed by atoms with E-state index in [2.05, 4.69) is 72.8 Å². The lowest BCUT2D eigenvalue weighted by molar-refractivity contribution is 0.670. The molecule has 0 N–H and O–H groups in total. The van der Waals surface area contributed by atoms with E-state index in [1.165, 1.54) is 36.5 Å². The van der Waals surface area contributed by atoms with Gasteiger partial charge in [-0.05, 0) is 12.1 Å². The molecule has 4 aromatic carbocycles. The summed E-state index contributed by atoms with van der Waals surface area (Å²) >= 11 is 1.86. The van der Waals surface area contributed by atoms with Crippen molar-refractivity contribution in [3.63, 3.8) is 0 Å². The molecule has 0 aliphatic carbocycles. The largest absolute Gasteiger partial charge is 0.455 e. The second-order valence-electron chi connectivity index (χ2n) is 6.56. The van der Waals surface area contributed by atoms with Gasteiger partial charge in [-0.15, -0.1) is 11.3 Å². The molecule has 0 unspecified atom stereocenters. The zero-order valence-corrected chi connectivity index (χ0v) is 14.7. The fourth-order valence-corrected chi connectivity index (χ4v) is 5.15. The fraction of sp³-hybridized carbons (Fsp3) is 0. The van der Waals surface area contributed by atoms with Crippen LogP contribution in [-0.2, 0) is 0 Å². The Kier molecular flexibility index (Phi) is 2.82. The van der Waals surface area contributed by atoms with Crippen LogP contribution in [0.5, 0.6) is 0 Å². The molecule has 0 bridgehead atoms. The number of para-hydroxylation sites is 2. The van der Waals surface area contributed by atoms with Crippen LogP contribution in [0.2, 0.25) is 0 Å². The van der Waals surface area contributed by atoms with Crippen molar-refractivity contribution in [3.8, 4) is 11.1 Å². The average Bonchev–Trinajstić information content (AvgIpc) is 3.26. The van der Waals surface area contributed by atoms with Crippen molar-refractivity contribution < 1.29 is 4.42 Å². The highest BCUT2D eigenvalue weighted by molar-refractivity contribution is 7.26. The quantitative estimate of drug-likeness (QED) is 0.297. The number of hydrogen-bond donors (Lipinski definition) is 0. The normalized spacial score (nSPS) is 11.8. The third-order valence-electron chi connectivity index (χ3n) is 5.10. The first-order valence-corrected chi connectivity index (χ1v) is 9.53. The van der Waals surface area contributed by atoms with Gasteiger partial charge in [-0.3, -0.25) is 0 Å². The van der Waals surface area contributed by atoms with Gasteiger partial charge in [0.1, 0.15) is 11.2 Å². The molecule has 0 fully saturated rings. The molecule has 0 aliphatic heterocycles. The summed E-state index contributed by atoms with van der Waals surface area (Å²) in [5.74, 6) is 0. The van der Waals surface area contributed by atoms with Crippen LogP contribution in [-0.4, -0.2) is 0 Å². The van der Waals surface area contributed by atoms with Crippen molar-refractivity contribution in [2.45, 2.75) is 0 Å². The molecule has 2 heterocycles. The molecule has 6 aromatic rings. The third-order valence-corrected chi connectivity index (χ3v) is 6.32. The van der Waals surface area contributed by atoms with Gasteiger partial charge in [-0.1, -0.05) is 72.8 Å². The van der Waals surface area contributed by atoms with Gasteiger partial charge in [0.15, 0.2) is 0 Å². The minimum absolute atomic E-state index is 0.943. The maximum Gasteiger partial charge on any atom is 0.143 e. The highest BCUT2D eigenvalue weighted by Gasteiger charge is 2.15. The van der Waals surface area contributed by atoms with E-state index in [-0.39, 0.29) is 0 Å². The molecule has 2 aromatic heterocycles. The van der Waals surface area contributed by atoms with Gasteiger partial charge in [0, 0.05) is 42.1 Å². The predicted molar refractivity (Wildman–Crippen MR) is 112 cm³/mol. The second kappa shape index (κ2) is 5.20. The SMILES string of the molecule is c1ccc2c(c1)oc1c(-c3cccc4c3sc3ccccc34)cccc12. The first-order valence-electron chi connectivity index (χ1n) is 8.71. The van der Waals surface area contributed by atoms with Crippen LogP contribution < -0.4 is 0 Å². The van der Waals surface area contributed by atoms with Gasteiger partial charge in [0.2, 0.25) is 0 Å². The Labute approximate surface area is 154 Å². The Bertz CT molecular complexity index is 1320. The van der Waals surface area contributed by atoms with E-state index in [1.54, 1.807) is 0 Å². The maximum atomic E-state index is 6.27. The van der Waals surface area contributed by atoms with Crippen LogP contribution in [0.1, 0.15) is 0 Å². The third kappa shape index (κ3) is 1.85. The van der Waals surface area contributed by atoms with Gasteiger partial charge < -0.3 is 4.42 Å². The highest BCUT2D eigenvalue weighted by atomic mass is 32.1. The Hall–Kier alpha value is -3.10. The summed E-state index contributed by atoms with van der Waals surface area (Å²) in [5.41, 5.74) is 4.32. The van der Waals surface area contributed by atoms with Gasteiger partial charge in [0.25, 0.3) is 0 Å². The van der Waals surface area contributed by atoms with Crippen molar-refractivity contribution in [2.75, 3.05) is 0 Å². The summed E-state index contributed by atoms with van der Waals surface area (Å²) < 4.78 is 8.91. The smallest absolute Gasteiger partial charge is 0.143 e. The van der Waals surface area contributed by atoms with Crippen molar-refractivity contribution in [1.29, 1.82) is 0 Å². The maximum absolute atomic E-state index is 6.27. The Balaban J connectivity index is 1.76. The van der Waals surface area contributed by atoms with Gasteiger partial charge >= 0.3 is 0 Å². The van der Waals surface area contributed by atoms with Crippen LogP contribution >= 0.6 is 11.3 Å². The number of furan rings is 1. The van der Waals surface area contributed by atoms with E-state index >= 15 is 0 Å². The summed E-state index contributed by atoms with van der Waals surface area (Å²) in [6.45, 7) is 0. The van der Waals surface area contributed by atoms with Crippen molar-refractivity contribution in [1.82, 2.24) is 0 Å². The summed E-state index contributed by atoms with van der Waals surface area (Å²) in [4.78, 5) is 0. The molecule has 26 heavy (non-hydrogen) atoms. The minimum Gasteiger partial charge on any atom is -0.455 e. The topological polar surface area (TPSA) is 13.1 Å². The lowest BCUT2D eigenvalue weighted by atomic mass is 10.0. The van der Waals surface area contributed by atoms with Crippen molar-refractivity contribution in [3.05, 3.63) is 84.9 Å². The monoisotopic (exact) mass is 350 g/mol. The van der Waals surface area contributed by atoms with E-state index in [1.807, 2.05) is 23.5 Å². The number of rotatable bonds is 1. The predicted octanol–water partition coefficient (Wildman–Crippen LogP) is 7.62. The molecule has 0 atom stereocenters. The minimum atomic E-state index is 0.943. The van der Waals surface area contributed by atoms with Crippen LogP contribution in [0.25, 0.3) is 53.2 Å². The van der Waals surface area contributed by atoms with Gasteiger partial charge in [0.05, 0.1) is 0 Å². The van der Waals surface area contributed by atoms with E-state index in [0.717, 1.165) is 16.7 Å². The van der Waals surface area contributed by atoms with Crippen LogP contribution in [0.15, 0.2) is 89.3 Å². The zero-order chi connectivity index (χ0) is 17.1. The molecule has 6 rings (SSSR count). The molecule has 0 saturated heterocycles. The second-order valence-corrected chi connectivity index (χ2v) is 7.61. The molecule has 2 heteroatoms. The lowest BCUT2D eigenvalue weighted by Crippen LogP contribution is -1.79.